The van der Waals surface area contributed by atoms with Crippen LogP contribution in [0.2, 0.25) is 0 Å². The summed E-state index contributed by atoms with van der Waals surface area (Å²) in [5.41, 5.74) is 0.849. The molecular formula is C24H24N2O4. The first kappa shape index (κ1) is 19.8. The van der Waals surface area contributed by atoms with Crippen molar-refractivity contribution in [1.82, 2.24) is 9.55 Å². The minimum absolute atomic E-state index is 0.355. The highest BCUT2D eigenvalue weighted by Crippen LogP contribution is 2.30. The van der Waals surface area contributed by atoms with Gasteiger partial charge in [-0.25, -0.2) is 9.36 Å². The van der Waals surface area contributed by atoms with Crippen molar-refractivity contribution in [2.45, 2.75) is 26.2 Å². The van der Waals surface area contributed by atoms with E-state index in [0.717, 1.165) is 34.6 Å². The molecule has 0 saturated carbocycles. The number of nitrogens with one attached hydrogen (secondary N) is 1. The molecule has 3 aromatic carbocycles. The molecule has 0 atom stereocenters. The summed E-state index contributed by atoms with van der Waals surface area (Å²) in [5.74, 6) is 0.548. The van der Waals surface area contributed by atoms with E-state index in [9.17, 15) is 9.59 Å². The molecule has 30 heavy (non-hydrogen) atoms. The average Bonchev–Trinajstić information content (AvgIpc) is 3.12. The van der Waals surface area contributed by atoms with Crippen LogP contribution in [0.4, 0.5) is 0 Å². The van der Waals surface area contributed by atoms with Gasteiger partial charge < -0.3 is 14.5 Å². The van der Waals surface area contributed by atoms with Crippen LogP contribution < -0.4 is 15.2 Å². The van der Waals surface area contributed by atoms with Crippen LogP contribution in [0.15, 0.2) is 59.4 Å². The smallest absolute Gasteiger partial charge is 0.333 e. The van der Waals surface area contributed by atoms with Crippen LogP contribution in [0.5, 0.6) is 11.5 Å². The van der Waals surface area contributed by atoms with E-state index < -0.39 is 11.6 Å². The molecule has 4 rings (SSSR count). The topological polar surface area (TPSA) is 73.3 Å². The highest BCUT2D eigenvalue weighted by molar-refractivity contribution is 6.12. The number of fused-ring (bicyclic) bond motifs is 2. The van der Waals surface area contributed by atoms with Crippen LogP contribution in [0.1, 0.15) is 36.5 Å². The maximum absolute atomic E-state index is 13.6. The van der Waals surface area contributed by atoms with Gasteiger partial charge in [0.1, 0.15) is 17.0 Å². The van der Waals surface area contributed by atoms with E-state index in [4.69, 9.17) is 9.47 Å². The number of hydrogen-bond acceptors (Lipinski definition) is 4. The largest absolute Gasteiger partial charge is 0.496 e. The van der Waals surface area contributed by atoms with Crippen LogP contribution in [0.3, 0.4) is 0 Å². The Labute approximate surface area is 174 Å². The molecule has 1 heterocycles. The van der Waals surface area contributed by atoms with Crippen LogP contribution in [0, 0.1) is 0 Å². The van der Waals surface area contributed by atoms with Gasteiger partial charge in [0.25, 0.3) is 5.91 Å². The first-order valence-electron chi connectivity index (χ1n) is 10.1. The number of aromatic nitrogens is 2. The summed E-state index contributed by atoms with van der Waals surface area (Å²) in [6.07, 6.45) is 3.11. The SMILES string of the molecule is CCCCCOc1cccc2c1[nH]c(=O)n2C(=O)c1c(OC)ccc2ccccc12. The Morgan fingerprint density at radius 1 is 1.00 bits per heavy atom. The van der Waals surface area contributed by atoms with E-state index in [1.165, 1.54) is 7.11 Å². The lowest BCUT2D eigenvalue weighted by Crippen LogP contribution is -2.25. The Kier molecular flexibility index (Phi) is 5.57. The van der Waals surface area contributed by atoms with Gasteiger partial charge in [0.15, 0.2) is 0 Å². The number of benzene rings is 3. The van der Waals surface area contributed by atoms with Crippen molar-refractivity contribution in [1.29, 1.82) is 0 Å². The molecule has 0 amide bonds. The maximum Gasteiger partial charge on any atom is 0.333 e. The molecular weight excluding hydrogens is 380 g/mol. The molecule has 0 fully saturated rings. The monoisotopic (exact) mass is 404 g/mol. The van der Waals surface area contributed by atoms with Crippen molar-refractivity contribution >= 4 is 27.7 Å². The van der Waals surface area contributed by atoms with E-state index in [2.05, 4.69) is 11.9 Å². The molecule has 154 valence electrons. The van der Waals surface area contributed by atoms with Gasteiger partial charge in [0.05, 0.1) is 24.8 Å². The number of carbonyl (C=O) groups is 1. The lowest BCUT2D eigenvalue weighted by molar-refractivity contribution is 0.0960. The number of nitrogens with zero attached hydrogens (tertiary/aromatic N) is 1. The molecule has 4 aromatic rings. The first-order valence-corrected chi connectivity index (χ1v) is 10.1. The molecule has 6 nitrogen and oxygen atoms in total. The number of unbranched alkanes of at least 4 members (excludes halogenated alkanes) is 2. The van der Waals surface area contributed by atoms with Gasteiger partial charge in [-0.3, -0.25) is 4.79 Å². The first-order chi connectivity index (χ1) is 14.7. The predicted molar refractivity (Wildman–Crippen MR) is 118 cm³/mol. The van der Waals surface area contributed by atoms with Gasteiger partial charge in [-0.15, -0.1) is 0 Å². The summed E-state index contributed by atoms with van der Waals surface area (Å²) in [4.78, 5) is 29.2. The molecule has 0 saturated heterocycles. The van der Waals surface area contributed by atoms with Gasteiger partial charge in [-0.1, -0.05) is 56.2 Å². The summed E-state index contributed by atoms with van der Waals surface area (Å²) in [6, 6.07) is 16.5. The van der Waals surface area contributed by atoms with E-state index in [1.54, 1.807) is 24.3 Å². The zero-order valence-electron chi connectivity index (χ0n) is 17.1. The van der Waals surface area contributed by atoms with Crippen LogP contribution in [0.25, 0.3) is 21.8 Å². The highest BCUT2D eigenvalue weighted by atomic mass is 16.5. The molecule has 1 N–H and O–H groups in total. The second kappa shape index (κ2) is 8.45. The van der Waals surface area contributed by atoms with Gasteiger partial charge in [-0.05, 0) is 35.4 Å². The number of H-pyrrole nitrogens is 1. The highest BCUT2D eigenvalue weighted by Gasteiger charge is 2.23. The quantitative estimate of drug-likeness (QED) is 0.451. The van der Waals surface area contributed by atoms with E-state index in [1.807, 2.05) is 30.3 Å². The number of ether oxygens (including phenoxy) is 2. The minimum Gasteiger partial charge on any atom is -0.496 e. The number of methoxy groups -OCH3 is 1. The summed E-state index contributed by atoms with van der Waals surface area (Å²) >= 11 is 0. The van der Waals surface area contributed by atoms with Gasteiger partial charge in [0, 0.05) is 0 Å². The summed E-state index contributed by atoms with van der Waals surface area (Å²) < 4.78 is 12.5. The Hall–Kier alpha value is -3.54. The van der Waals surface area contributed by atoms with Crippen molar-refractivity contribution in [3.8, 4) is 11.5 Å². The van der Waals surface area contributed by atoms with E-state index in [-0.39, 0.29) is 0 Å². The van der Waals surface area contributed by atoms with Crippen LogP contribution in [-0.2, 0) is 0 Å². The fourth-order valence-corrected chi connectivity index (χ4v) is 3.71. The number of rotatable bonds is 7. The number of para-hydroxylation sites is 1. The van der Waals surface area contributed by atoms with Crippen molar-refractivity contribution in [3.63, 3.8) is 0 Å². The van der Waals surface area contributed by atoms with Crippen molar-refractivity contribution in [2.24, 2.45) is 0 Å². The number of aromatic amines is 1. The third-order valence-electron chi connectivity index (χ3n) is 5.21. The van der Waals surface area contributed by atoms with E-state index >= 15 is 0 Å². The van der Waals surface area contributed by atoms with Gasteiger partial charge in [0.2, 0.25) is 0 Å². The van der Waals surface area contributed by atoms with Crippen molar-refractivity contribution < 1.29 is 14.3 Å². The van der Waals surface area contributed by atoms with Crippen molar-refractivity contribution in [3.05, 3.63) is 70.6 Å². The fourth-order valence-electron chi connectivity index (χ4n) is 3.71. The number of hydrogen-bond donors (Lipinski definition) is 1. The van der Waals surface area contributed by atoms with Gasteiger partial charge in [-0.2, -0.15) is 0 Å². The molecule has 0 radical (unpaired) electrons. The Bertz CT molecular complexity index is 1270. The van der Waals surface area contributed by atoms with Gasteiger partial charge >= 0.3 is 5.69 Å². The molecule has 0 bridgehead atoms. The summed E-state index contributed by atoms with van der Waals surface area (Å²) in [7, 11) is 1.52. The lowest BCUT2D eigenvalue weighted by atomic mass is 10.0. The minimum atomic E-state index is -0.505. The maximum atomic E-state index is 13.6. The molecule has 0 aliphatic carbocycles. The second-order valence-electron chi connectivity index (χ2n) is 7.14. The molecule has 0 aliphatic rings. The average molecular weight is 404 g/mol. The molecule has 6 heteroatoms. The van der Waals surface area contributed by atoms with E-state index in [0.29, 0.717) is 34.7 Å². The normalized spacial score (nSPS) is 11.1. The second-order valence-corrected chi connectivity index (χ2v) is 7.14. The Balaban J connectivity index is 1.83. The Morgan fingerprint density at radius 3 is 2.63 bits per heavy atom. The van der Waals surface area contributed by atoms with Crippen molar-refractivity contribution in [2.75, 3.05) is 13.7 Å². The fraction of sp³-hybridized carbons (Fsp3) is 0.250. The van der Waals surface area contributed by atoms with Crippen LogP contribution >= 0.6 is 0 Å². The molecule has 1 aromatic heterocycles. The summed E-state index contributed by atoms with van der Waals surface area (Å²) in [5, 5.41) is 1.63. The zero-order chi connectivity index (χ0) is 21.1. The lowest BCUT2D eigenvalue weighted by Gasteiger charge is -2.12. The third-order valence-corrected chi connectivity index (χ3v) is 5.21. The number of imidazole rings is 1. The predicted octanol–water partition coefficient (Wildman–Crippen LogP) is 4.75. The number of carbonyl (C=O) groups excluding carboxylic acids is 1. The summed E-state index contributed by atoms with van der Waals surface area (Å²) in [6.45, 7) is 2.69. The zero-order valence-corrected chi connectivity index (χ0v) is 17.1. The van der Waals surface area contributed by atoms with Crippen LogP contribution in [-0.4, -0.2) is 29.2 Å². The third kappa shape index (κ3) is 3.45. The standard InChI is InChI=1S/C24H24N2O4/c1-3-4-7-15-30-20-12-8-11-18-22(20)25-24(28)26(18)23(27)21-17-10-6-5-9-16(17)13-14-19(21)29-2/h5-6,8-14H,3-4,7,15H2,1-2H3,(H,25,28). The Morgan fingerprint density at radius 2 is 1.83 bits per heavy atom. The molecule has 0 spiro atoms. The molecule has 0 unspecified atom stereocenters. The molecule has 0 aliphatic heterocycles.